The van der Waals surface area contributed by atoms with Crippen LogP contribution >= 0.6 is 15.9 Å². The predicted octanol–water partition coefficient (Wildman–Crippen LogP) is 2.25. The van der Waals surface area contributed by atoms with Crippen LogP contribution in [0.5, 0.6) is 0 Å². The maximum Gasteiger partial charge on any atom is 0.347 e. The zero-order valence-electron chi connectivity index (χ0n) is 8.49. The number of aromatic amines is 1. The molecule has 2 heterocycles. The van der Waals surface area contributed by atoms with E-state index in [1.807, 2.05) is 31.2 Å². The second kappa shape index (κ2) is 3.18. The summed E-state index contributed by atoms with van der Waals surface area (Å²) < 4.78 is 2.09. The fourth-order valence-corrected chi connectivity index (χ4v) is 2.25. The van der Waals surface area contributed by atoms with E-state index in [9.17, 15) is 4.79 Å². The van der Waals surface area contributed by atoms with Crippen LogP contribution in [0.4, 0.5) is 0 Å². The van der Waals surface area contributed by atoms with E-state index in [4.69, 9.17) is 0 Å². The zero-order chi connectivity index (χ0) is 11.3. The lowest BCUT2D eigenvalue weighted by molar-refractivity contribution is 0.872. The van der Waals surface area contributed by atoms with Crippen molar-refractivity contribution in [2.24, 2.45) is 0 Å². The Morgan fingerprint density at radius 2 is 2.12 bits per heavy atom. The summed E-state index contributed by atoms with van der Waals surface area (Å²) in [6.07, 6.45) is 0. The molecule has 1 N–H and O–H groups in total. The lowest BCUT2D eigenvalue weighted by Crippen LogP contribution is -2.17. The topological polar surface area (TPSA) is 50.2 Å². The average Bonchev–Trinajstić information content (AvgIpc) is 2.57. The minimum Gasteiger partial charge on any atom is -0.305 e. The highest BCUT2D eigenvalue weighted by molar-refractivity contribution is 9.10. The van der Waals surface area contributed by atoms with Gasteiger partial charge in [-0.25, -0.2) is 4.79 Å². The van der Waals surface area contributed by atoms with Gasteiger partial charge in [-0.2, -0.15) is 9.61 Å². The SMILES string of the molecule is Cc1c(Br)nn2c(=O)[nH]c3ccccc3c12. The van der Waals surface area contributed by atoms with Gasteiger partial charge in [-0.1, -0.05) is 18.2 Å². The number of nitrogens with one attached hydrogen (secondary N) is 1. The molecule has 0 atom stereocenters. The van der Waals surface area contributed by atoms with E-state index in [0.717, 1.165) is 22.0 Å². The van der Waals surface area contributed by atoms with Crippen LogP contribution in [0.1, 0.15) is 5.56 Å². The Kier molecular flexibility index (Phi) is 1.91. The minimum atomic E-state index is -0.220. The molecule has 0 saturated heterocycles. The predicted molar refractivity (Wildman–Crippen MR) is 65.8 cm³/mol. The lowest BCUT2D eigenvalue weighted by atomic mass is 10.2. The molecule has 1 aromatic carbocycles. The van der Waals surface area contributed by atoms with E-state index in [1.54, 1.807) is 0 Å². The number of para-hydroxylation sites is 1. The molecule has 0 aliphatic heterocycles. The summed E-state index contributed by atoms with van der Waals surface area (Å²) in [7, 11) is 0. The van der Waals surface area contributed by atoms with Gasteiger partial charge < -0.3 is 4.98 Å². The number of nitrogens with zero attached hydrogens (tertiary/aromatic N) is 2. The molecule has 0 bridgehead atoms. The van der Waals surface area contributed by atoms with E-state index < -0.39 is 0 Å². The van der Waals surface area contributed by atoms with Gasteiger partial charge in [0.25, 0.3) is 0 Å². The standard InChI is InChI=1S/C11H8BrN3O/c1-6-9-7-4-2-3-5-8(7)13-11(16)15(9)14-10(6)12/h2-5H,1H3,(H,13,16). The maximum atomic E-state index is 11.8. The Morgan fingerprint density at radius 1 is 1.38 bits per heavy atom. The van der Waals surface area contributed by atoms with Crippen LogP contribution in [0.15, 0.2) is 33.7 Å². The van der Waals surface area contributed by atoms with Gasteiger partial charge >= 0.3 is 5.69 Å². The first-order valence-corrected chi connectivity index (χ1v) is 5.63. The van der Waals surface area contributed by atoms with E-state index in [0.29, 0.717) is 4.60 Å². The highest BCUT2D eigenvalue weighted by atomic mass is 79.9. The minimum absolute atomic E-state index is 0.220. The van der Waals surface area contributed by atoms with Gasteiger partial charge in [-0.15, -0.1) is 0 Å². The van der Waals surface area contributed by atoms with Crippen LogP contribution in [0.25, 0.3) is 16.4 Å². The summed E-state index contributed by atoms with van der Waals surface area (Å²) in [4.78, 5) is 14.6. The molecule has 3 rings (SSSR count). The summed E-state index contributed by atoms with van der Waals surface area (Å²) >= 11 is 3.34. The fourth-order valence-electron chi connectivity index (χ4n) is 1.90. The Morgan fingerprint density at radius 3 is 2.94 bits per heavy atom. The summed E-state index contributed by atoms with van der Waals surface area (Å²) in [6.45, 7) is 1.94. The second-order valence-electron chi connectivity index (χ2n) is 3.65. The Hall–Kier alpha value is -1.62. The third kappa shape index (κ3) is 1.15. The highest BCUT2D eigenvalue weighted by Gasteiger charge is 2.11. The molecule has 16 heavy (non-hydrogen) atoms. The van der Waals surface area contributed by atoms with Gasteiger partial charge in [0.15, 0.2) is 0 Å². The summed E-state index contributed by atoms with van der Waals surface area (Å²) in [6, 6.07) is 7.70. The molecule has 0 unspecified atom stereocenters. The van der Waals surface area contributed by atoms with Crippen LogP contribution < -0.4 is 5.69 Å². The van der Waals surface area contributed by atoms with Crippen LogP contribution in [-0.4, -0.2) is 14.6 Å². The summed E-state index contributed by atoms with van der Waals surface area (Å²) in [5, 5.41) is 5.15. The molecular formula is C11H8BrN3O. The number of hydrogen-bond acceptors (Lipinski definition) is 2. The van der Waals surface area contributed by atoms with Crippen molar-refractivity contribution in [1.82, 2.24) is 14.6 Å². The first-order chi connectivity index (χ1) is 7.68. The average molecular weight is 278 g/mol. The van der Waals surface area contributed by atoms with Gasteiger partial charge in [0.1, 0.15) is 4.60 Å². The highest BCUT2D eigenvalue weighted by Crippen LogP contribution is 2.24. The van der Waals surface area contributed by atoms with Crippen molar-refractivity contribution < 1.29 is 0 Å². The number of halogens is 1. The second-order valence-corrected chi connectivity index (χ2v) is 4.40. The molecule has 4 nitrogen and oxygen atoms in total. The van der Waals surface area contributed by atoms with E-state index >= 15 is 0 Å². The molecule has 0 saturated carbocycles. The first-order valence-electron chi connectivity index (χ1n) is 4.84. The molecule has 0 aliphatic carbocycles. The van der Waals surface area contributed by atoms with Gasteiger partial charge in [-0.05, 0) is 28.9 Å². The number of benzene rings is 1. The normalized spacial score (nSPS) is 11.4. The van der Waals surface area contributed by atoms with Crippen LogP contribution in [0.2, 0.25) is 0 Å². The van der Waals surface area contributed by atoms with Crippen molar-refractivity contribution in [3.8, 4) is 0 Å². The largest absolute Gasteiger partial charge is 0.347 e. The number of rotatable bonds is 0. The quantitative estimate of drug-likeness (QED) is 0.685. The molecule has 3 aromatic rings. The molecule has 80 valence electrons. The number of H-pyrrole nitrogens is 1. The van der Waals surface area contributed by atoms with E-state index in [-0.39, 0.29) is 5.69 Å². The maximum absolute atomic E-state index is 11.8. The van der Waals surface area contributed by atoms with Crippen LogP contribution in [-0.2, 0) is 0 Å². The Labute approximate surface area is 99.0 Å². The fraction of sp³-hybridized carbons (Fsp3) is 0.0909. The Bertz CT molecular complexity index is 757. The smallest absolute Gasteiger partial charge is 0.305 e. The summed E-state index contributed by atoms with van der Waals surface area (Å²) in [5.74, 6) is 0. The third-order valence-corrected chi connectivity index (χ3v) is 3.43. The van der Waals surface area contributed by atoms with Crippen molar-refractivity contribution in [2.45, 2.75) is 6.92 Å². The number of fused-ring (bicyclic) bond motifs is 3. The number of aromatic nitrogens is 3. The number of aryl methyl sites for hydroxylation is 1. The van der Waals surface area contributed by atoms with Crippen LogP contribution in [0.3, 0.4) is 0 Å². The molecule has 0 spiro atoms. The molecule has 2 aromatic heterocycles. The van der Waals surface area contributed by atoms with E-state index in [2.05, 4.69) is 26.0 Å². The molecule has 0 fully saturated rings. The van der Waals surface area contributed by atoms with Gasteiger partial charge in [0.2, 0.25) is 0 Å². The van der Waals surface area contributed by atoms with E-state index in [1.165, 1.54) is 4.52 Å². The first kappa shape index (κ1) is 9.59. The third-order valence-electron chi connectivity index (χ3n) is 2.68. The molecule has 0 radical (unpaired) electrons. The zero-order valence-corrected chi connectivity index (χ0v) is 10.1. The van der Waals surface area contributed by atoms with Crippen LogP contribution in [0, 0.1) is 6.92 Å². The van der Waals surface area contributed by atoms with Gasteiger partial charge in [0, 0.05) is 10.9 Å². The van der Waals surface area contributed by atoms with Crippen molar-refractivity contribution in [1.29, 1.82) is 0 Å². The van der Waals surface area contributed by atoms with Crippen molar-refractivity contribution >= 4 is 32.3 Å². The molecule has 0 aliphatic rings. The Balaban J connectivity index is 2.73. The van der Waals surface area contributed by atoms with Gasteiger partial charge in [0.05, 0.1) is 11.0 Å². The van der Waals surface area contributed by atoms with Crippen molar-refractivity contribution in [2.75, 3.05) is 0 Å². The van der Waals surface area contributed by atoms with Gasteiger partial charge in [-0.3, -0.25) is 0 Å². The molecule has 5 heteroatoms. The van der Waals surface area contributed by atoms with Crippen molar-refractivity contribution in [3.63, 3.8) is 0 Å². The molecule has 0 amide bonds. The molecular weight excluding hydrogens is 270 g/mol. The monoisotopic (exact) mass is 277 g/mol. The number of hydrogen-bond donors (Lipinski definition) is 1. The lowest BCUT2D eigenvalue weighted by Gasteiger charge is -2.00. The summed E-state index contributed by atoms with van der Waals surface area (Å²) in [5.41, 5.74) is 2.44. The van der Waals surface area contributed by atoms with Crippen molar-refractivity contribution in [3.05, 3.63) is 44.9 Å².